The molecule has 1 aromatic rings. The number of hydrogen-bond acceptors (Lipinski definition) is 6. The molecule has 0 aliphatic heterocycles. The summed E-state index contributed by atoms with van der Waals surface area (Å²) in [6.07, 6.45) is 1.85. The van der Waals surface area contributed by atoms with Crippen LogP contribution in [0.3, 0.4) is 0 Å². The molecule has 2 rings (SSSR count). The molecule has 1 fully saturated rings. The van der Waals surface area contributed by atoms with Gasteiger partial charge in [0.2, 0.25) is 0 Å². The van der Waals surface area contributed by atoms with E-state index in [1.54, 1.807) is 24.3 Å². The highest BCUT2D eigenvalue weighted by Gasteiger charge is 2.35. The zero-order valence-corrected chi connectivity index (χ0v) is 14.6. The first-order chi connectivity index (χ1) is 12.9. The van der Waals surface area contributed by atoms with Crippen LogP contribution in [0.4, 0.5) is 11.4 Å². The van der Waals surface area contributed by atoms with E-state index in [0.717, 1.165) is 0 Å². The molecule has 0 aromatic heterocycles. The third kappa shape index (κ3) is 6.26. The van der Waals surface area contributed by atoms with Crippen LogP contribution in [-0.4, -0.2) is 11.6 Å². The van der Waals surface area contributed by atoms with Gasteiger partial charge in [-0.15, -0.1) is 5.11 Å². The lowest BCUT2D eigenvalue weighted by Crippen LogP contribution is -2.31. The molecule has 0 saturated heterocycles. The highest BCUT2D eigenvalue weighted by Crippen LogP contribution is 2.33. The van der Waals surface area contributed by atoms with Crippen LogP contribution in [0.15, 0.2) is 82.7 Å². The second-order valence-electron chi connectivity index (χ2n) is 6.29. The zero-order valence-electron chi connectivity index (χ0n) is 14.6. The van der Waals surface area contributed by atoms with Crippen molar-refractivity contribution in [1.29, 1.82) is 5.53 Å². The minimum atomic E-state index is -0.313. The maximum atomic E-state index is 12.0. The lowest BCUT2D eigenvalue weighted by atomic mass is 9.74. The Labute approximate surface area is 153 Å². The van der Waals surface area contributed by atoms with Gasteiger partial charge in [0, 0.05) is 12.8 Å². The molecule has 12 heteroatoms. The Morgan fingerprint density at radius 3 is 1.96 bits per heavy atom. The number of Topliss-reactive ketones (excluding diaryl/α,β-unsaturated/α-hetero) is 2. The van der Waals surface area contributed by atoms with Gasteiger partial charge in [-0.05, 0) is 61.0 Å². The summed E-state index contributed by atoms with van der Waals surface area (Å²) in [5, 5.41) is 29.7. The van der Waals surface area contributed by atoms with Crippen LogP contribution < -0.4 is 0 Å². The second kappa shape index (κ2) is 9.12. The Bertz CT molecular complexity index is 843. The van der Waals surface area contributed by atoms with Crippen molar-refractivity contribution >= 4 is 22.9 Å². The molecule has 1 aliphatic rings. The Balaban J connectivity index is 1.98. The monoisotopic (exact) mass is 368 g/mol. The lowest BCUT2D eigenvalue weighted by Gasteiger charge is -2.27. The van der Waals surface area contributed by atoms with Crippen LogP contribution in [0, 0.1) is 10.9 Å². The van der Waals surface area contributed by atoms with E-state index in [4.69, 9.17) is 5.53 Å². The molecule has 1 aliphatic carbocycles. The van der Waals surface area contributed by atoms with Gasteiger partial charge in [-0.25, -0.2) is 0 Å². The first kappa shape index (κ1) is 19.6. The van der Waals surface area contributed by atoms with Gasteiger partial charge in [-0.2, -0.15) is 15.8 Å². The van der Waals surface area contributed by atoms with Gasteiger partial charge in [-0.3, -0.25) is 9.59 Å². The fourth-order valence-electron chi connectivity index (χ4n) is 2.31. The van der Waals surface area contributed by atoms with Gasteiger partial charge in [0.25, 0.3) is 0 Å². The fraction of sp³-hybridized carbons (Fsp3) is 0.333. The van der Waals surface area contributed by atoms with Gasteiger partial charge in [-0.1, -0.05) is 13.8 Å². The summed E-state index contributed by atoms with van der Waals surface area (Å²) >= 11 is 0. The van der Waals surface area contributed by atoms with Crippen molar-refractivity contribution in [3.8, 4) is 0 Å². The Morgan fingerprint density at radius 1 is 0.852 bits per heavy atom. The first-order valence-electron chi connectivity index (χ1n) is 7.76. The third-order valence-corrected chi connectivity index (χ3v) is 3.45. The molecule has 0 amide bonds. The van der Waals surface area contributed by atoms with E-state index in [9.17, 15) is 9.59 Å². The van der Waals surface area contributed by atoms with Crippen LogP contribution in [0.5, 0.6) is 0 Å². The molecule has 1 N–H and O–H groups in total. The molecule has 0 radical (unpaired) electrons. The van der Waals surface area contributed by atoms with E-state index in [0.29, 0.717) is 24.2 Å². The van der Waals surface area contributed by atoms with E-state index in [1.807, 2.05) is 13.8 Å². The molecule has 12 nitrogen and oxygen atoms in total. The number of nitrogens with zero attached hydrogens (tertiary/aromatic N) is 9. The quantitative estimate of drug-likeness (QED) is 0.308. The molecule has 0 atom stereocenters. The number of carbonyl (C=O) groups excluding carboxylic acids is 2. The molecule has 1 saturated carbocycles. The van der Waals surface area contributed by atoms with Crippen molar-refractivity contribution < 1.29 is 9.59 Å². The number of rotatable bonds is 6. The molecule has 0 spiro atoms. The maximum Gasteiger partial charge on any atom is 0.168 e. The van der Waals surface area contributed by atoms with Gasteiger partial charge < -0.3 is 0 Å². The molecule has 0 unspecified atom stereocenters. The topological polar surface area (TPSA) is 169 Å². The van der Waals surface area contributed by atoms with E-state index in [1.165, 1.54) is 6.20 Å². The smallest absolute Gasteiger partial charge is 0.168 e. The van der Waals surface area contributed by atoms with Crippen LogP contribution in [0.2, 0.25) is 0 Å². The number of carbonyl (C=O) groups is 2. The average Bonchev–Trinajstić information content (AvgIpc) is 2.60. The number of benzene rings is 1. The summed E-state index contributed by atoms with van der Waals surface area (Å²) in [5.41, 5.74) is 7.10. The van der Waals surface area contributed by atoms with Crippen LogP contribution in [-0.2, 0) is 9.59 Å². The number of nitrogens with one attached hydrogen (secondary N) is 1. The van der Waals surface area contributed by atoms with Crippen LogP contribution in [0.25, 0.3) is 0 Å². The van der Waals surface area contributed by atoms with Gasteiger partial charge in [0.05, 0.1) is 23.1 Å². The van der Waals surface area contributed by atoms with Gasteiger partial charge in [0.15, 0.2) is 11.6 Å². The van der Waals surface area contributed by atoms with Gasteiger partial charge in [0.1, 0.15) is 0 Å². The van der Waals surface area contributed by atoms with Crippen molar-refractivity contribution in [2.24, 2.45) is 52.1 Å². The normalized spacial score (nSPS) is 17.6. The maximum absolute atomic E-state index is 12.0. The molecular formula is C15H16N10O2. The van der Waals surface area contributed by atoms with E-state index < -0.39 is 0 Å². The Kier molecular flexibility index (Phi) is 6.63. The zero-order chi connectivity index (χ0) is 19.7. The fourth-order valence-corrected chi connectivity index (χ4v) is 2.31. The summed E-state index contributed by atoms with van der Waals surface area (Å²) < 4.78 is 0. The third-order valence-electron chi connectivity index (χ3n) is 3.45. The summed E-state index contributed by atoms with van der Waals surface area (Å²) in [6.45, 7) is 3.78. The molecular weight excluding hydrogens is 352 g/mol. The van der Waals surface area contributed by atoms with Crippen molar-refractivity contribution in [1.82, 2.24) is 0 Å². The molecule has 0 heterocycles. The summed E-state index contributed by atoms with van der Waals surface area (Å²) in [7, 11) is 0. The van der Waals surface area contributed by atoms with Crippen molar-refractivity contribution in [2.75, 3.05) is 0 Å². The Morgan fingerprint density at radius 2 is 1.37 bits per heavy atom. The van der Waals surface area contributed by atoms with E-state index in [-0.39, 0.29) is 22.6 Å². The van der Waals surface area contributed by atoms with Crippen LogP contribution >= 0.6 is 0 Å². The number of ketones is 2. The van der Waals surface area contributed by atoms with Crippen LogP contribution in [0.1, 0.15) is 26.7 Å². The second-order valence-corrected chi connectivity index (χ2v) is 6.29. The number of allylic oxidation sites excluding steroid dienone is 1. The first-order valence-corrected chi connectivity index (χ1v) is 7.76. The molecule has 138 valence electrons. The largest absolute Gasteiger partial charge is 0.294 e. The molecule has 0 bridgehead atoms. The standard InChI is InChI=1S/C15H16N10O2/c1-15(2)7-13(26)12(14(27)8-15)9-17-18-10-3-5-11(6-4-10)19-21-23-25-24-22-20-16/h3-6,9,16H,7-8H2,1-2H3. The number of azo groups is 1. The summed E-state index contributed by atoms with van der Waals surface area (Å²) in [5.74, 6) is -0.424. The minimum Gasteiger partial charge on any atom is -0.294 e. The SMILES string of the molecule is CC1(C)CC(=O)C(=CN=Nc2ccc(N=NN=NN=NN=N)cc2)C(=O)C1. The minimum absolute atomic E-state index is 0.0872. The molecule has 27 heavy (non-hydrogen) atoms. The summed E-state index contributed by atoms with van der Waals surface area (Å²) in [4.78, 5) is 24.1. The van der Waals surface area contributed by atoms with Crippen molar-refractivity contribution in [3.05, 3.63) is 36.0 Å². The highest BCUT2D eigenvalue weighted by atomic mass is 16.2. The summed E-state index contributed by atoms with van der Waals surface area (Å²) in [6, 6.07) is 6.47. The average molecular weight is 368 g/mol. The van der Waals surface area contributed by atoms with Crippen molar-refractivity contribution in [3.63, 3.8) is 0 Å². The lowest BCUT2D eigenvalue weighted by molar-refractivity contribution is -0.127. The van der Waals surface area contributed by atoms with Gasteiger partial charge >= 0.3 is 0 Å². The predicted molar refractivity (Wildman–Crippen MR) is 91.4 cm³/mol. The highest BCUT2D eigenvalue weighted by molar-refractivity contribution is 6.22. The number of hydrogen-bond donors (Lipinski definition) is 1. The van der Waals surface area contributed by atoms with E-state index in [2.05, 4.69) is 46.7 Å². The predicted octanol–water partition coefficient (Wildman–Crippen LogP) is 5.38. The van der Waals surface area contributed by atoms with Crippen molar-refractivity contribution in [2.45, 2.75) is 26.7 Å². The molecule has 1 aromatic carbocycles. The Hall–Kier alpha value is -3.70. The van der Waals surface area contributed by atoms with E-state index >= 15 is 0 Å².